The lowest BCUT2D eigenvalue weighted by Crippen LogP contribution is -2.23. The highest BCUT2D eigenvalue weighted by molar-refractivity contribution is 5.34. The largest absolute Gasteiger partial charge is 0.316 e. The maximum atomic E-state index is 13.3. The molecule has 0 heterocycles. The van der Waals surface area contributed by atoms with E-state index in [0.29, 0.717) is 5.92 Å². The van der Waals surface area contributed by atoms with E-state index in [-0.39, 0.29) is 5.82 Å². The Labute approximate surface area is 127 Å². The molecule has 0 amide bonds. The fourth-order valence-electron chi connectivity index (χ4n) is 2.81. The summed E-state index contributed by atoms with van der Waals surface area (Å²) in [5.74, 6) is 0.255. The van der Waals surface area contributed by atoms with Crippen molar-refractivity contribution in [3.05, 3.63) is 70.5 Å². The molecule has 2 aromatic rings. The highest BCUT2D eigenvalue weighted by Crippen LogP contribution is 2.25. The van der Waals surface area contributed by atoms with Gasteiger partial charge >= 0.3 is 0 Å². The van der Waals surface area contributed by atoms with E-state index in [4.69, 9.17) is 0 Å². The van der Waals surface area contributed by atoms with Crippen LogP contribution in [0.15, 0.2) is 42.5 Å². The smallest absolute Gasteiger partial charge is 0.123 e. The van der Waals surface area contributed by atoms with Crippen LogP contribution in [-0.2, 0) is 6.42 Å². The first kappa shape index (κ1) is 15.7. The van der Waals surface area contributed by atoms with E-state index < -0.39 is 0 Å². The summed E-state index contributed by atoms with van der Waals surface area (Å²) in [4.78, 5) is 0. The first-order valence-electron chi connectivity index (χ1n) is 7.63. The van der Waals surface area contributed by atoms with Crippen molar-refractivity contribution in [2.24, 2.45) is 0 Å². The number of rotatable bonds is 6. The molecule has 0 aromatic heterocycles. The average molecular weight is 285 g/mol. The Morgan fingerprint density at radius 2 is 1.81 bits per heavy atom. The Morgan fingerprint density at radius 1 is 1.05 bits per heavy atom. The van der Waals surface area contributed by atoms with Crippen LogP contribution in [0.5, 0.6) is 0 Å². The molecule has 2 heteroatoms. The van der Waals surface area contributed by atoms with E-state index in [1.54, 1.807) is 12.1 Å². The minimum absolute atomic E-state index is 0.157. The molecule has 0 fully saturated rings. The third kappa shape index (κ3) is 4.15. The van der Waals surface area contributed by atoms with Gasteiger partial charge in [-0.3, -0.25) is 0 Å². The van der Waals surface area contributed by atoms with Crippen LogP contribution in [0.4, 0.5) is 4.39 Å². The van der Waals surface area contributed by atoms with Crippen molar-refractivity contribution >= 4 is 0 Å². The molecular weight excluding hydrogens is 261 g/mol. The van der Waals surface area contributed by atoms with Gasteiger partial charge in [-0.2, -0.15) is 0 Å². The van der Waals surface area contributed by atoms with Gasteiger partial charge in [0.1, 0.15) is 5.82 Å². The third-order valence-corrected chi connectivity index (χ3v) is 4.04. The SMILES string of the molecule is CCNCC(Cc1ccc(F)cc1C)c1ccccc1C. The molecule has 1 N–H and O–H groups in total. The van der Waals surface area contributed by atoms with Gasteiger partial charge in [-0.15, -0.1) is 0 Å². The summed E-state index contributed by atoms with van der Waals surface area (Å²) < 4.78 is 13.3. The predicted molar refractivity (Wildman–Crippen MR) is 87.3 cm³/mol. The zero-order valence-corrected chi connectivity index (χ0v) is 13.1. The molecule has 0 saturated heterocycles. The van der Waals surface area contributed by atoms with Gasteiger partial charge < -0.3 is 5.32 Å². The van der Waals surface area contributed by atoms with E-state index in [1.807, 2.05) is 13.0 Å². The van der Waals surface area contributed by atoms with Crippen molar-refractivity contribution in [3.8, 4) is 0 Å². The predicted octanol–water partition coefficient (Wildman–Crippen LogP) is 4.38. The summed E-state index contributed by atoms with van der Waals surface area (Å²) in [6.45, 7) is 8.17. The molecule has 21 heavy (non-hydrogen) atoms. The molecule has 112 valence electrons. The van der Waals surface area contributed by atoms with E-state index >= 15 is 0 Å². The van der Waals surface area contributed by atoms with Crippen molar-refractivity contribution in [3.63, 3.8) is 0 Å². The number of benzene rings is 2. The van der Waals surface area contributed by atoms with Crippen LogP contribution in [-0.4, -0.2) is 13.1 Å². The van der Waals surface area contributed by atoms with Crippen LogP contribution >= 0.6 is 0 Å². The highest BCUT2D eigenvalue weighted by atomic mass is 19.1. The lowest BCUT2D eigenvalue weighted by atomic mass is 9.87. The summed E-state index contributed by atoms with van der Waals surface area (Å²) in [5, 5.41) is 3.45. The van der Waals surface area contributed by atoms with Gasteiger partial charge in [-0.1, -0.05) is 37.3 Å². The van der Waals surface area contributed by atoms with Crippen LogP contribution in [0, 0.1) is 19.7 Å². The van der Waals surface area contributed by atoms with Crippen LogP contribution < -0.4 is 5.32 Å². The molecule has 0 saturated carbocycles. The van der Waals surface area contributed by atoms with Crippen molar-refractivity contribution in [1.29, 1.82) is 0 Å². The normalized spacial score (nSPS) is 12.4. The lowest BCUT2D eigenvalue weighted by Gasteiger charge is -2.21. The molecule has 1 atom stereocenters. The number of likely N-dealkylation sites (N-methyl/N-ethyl adjacent to an activating group) is 1. The molecule has 0 bridgehead atoms. The zero-order valence-electron chi connectivity index (χ0n) is 13.1. The third-order valence-electron chi connectivity index (χ3n) is 4.04. The van der Waals surface area contributed by atoms with E-state index in [1.165, 1.54) is 16.7 Å². The molecular formula is C19H24FN. The quantitative estimate of drug-likeness (QED) is 0.830. The fraction of sp³-hybridized carbons (Fsp3) is 0.368. The number of aryl methyl sites for hydroxylation is 2. The minimum atomic E-state index is -0.157. The van der Waals surface area contributed by atoms with Crippen LogP contribution in [0.25, 0.3) is 0 Å². The number of hydrogen-bond acceptors (Lipinski definition) is 1. The molecule has 0 aliphatic rings. The minimum Gasteiger partial charge on any atom is -0.316 e. The van der Waals surface area contributed by atoms with Crippen molar-refractivity contribution in [2.75, 3.05) is 13.1 Å². The Morgan fingerprint density at radius 3 is 2.48 bits per heavy atom. The van der Waals surface area contributed by atoms with Crippen molar-refractivity contribution in [2.45, 2.75) is 33.1 Å². The molecule has 0 spiro atoms. The standard InChI is InChI=1S/C19H24FN/c1-4-21-13-17(19-8-6-5-7-14(19)2)12-16-9-10-18(20)11-15(16)3/h5-11,17,21H,4,12-13H2,1-3H3. The highest BCUT2D eigenvalue weighted by Gasteiger charge is 2.15. The molecule has 2 rings (SSSR count). The van der Waals surface area contributed by atoms with Gasteiger partial charge in [-0.25, -0.2) is 4.39 Å². The topological polar surface area (TPSA) is 12.0 Å². The Hall–Kier alpha value is -1.67. The molecule has 1 unspecified atom stereocenters. The average Bonchev–Trinajstić information content (AvgIpc) is 2.46. The second-order valence-electron chi connectivity index (χ2n) is 5.64. The van der Waals surface area contributed by atoms with Gasteiger partial charge in [0.2, 0.25) is 0 Å². The fourth-order valence-corrected chi connectivity index (χ4v) is 2.81. The maximum absolute atomic E-state index is 13.3. The van der Waals surface area contributed by atoms with Crippen LogP contribution in [0.2, 0.25) is 0 Å². The number of hydrogen-bond donors (Lipinski definition) is 1. The molecule has 0 radical (unpaired) electrons. The summed E-state index contributed by atoms with van der Waals surface area (Å²) >= 11 is 0. The van der Waals surface area contributed by atoms with Crippen molar-refractivity contribution in [1.82, 2.24) is 5.32 Å². The van der Waals surface area contributed by atoms with E-state index in [0.717, 1.165) is 25.1 Å². The Kier molecular flexibility index (Phi) is 5.51. The summed E-state index contributed by atoms with van der Waals surface area (Å²) in [7, 11) is 0. The Bertz CT molecular complexity index is 592. The monoisotopic (exact) mass is 285 g/mol. The maximum Gasteiger partial charge on any atom is 0.123 e. The van der Waals surface area contributed by atoms with Crippen molar-refractivity contribution < 1.29 is 4.39 Å². The zero-order chi connectivity index (χ0) is 15.2. The summed E-state index contributed by atoms with van der Waals surface area (Å²) in [6.07, 6.45) is 0.934. The molecule has 0 aliphatic carbocycles. The molecule has 2 aromatic carbocycles. The van der Waals surface area contributed by atoms with E-state index in [9.17, 15) is 4.39 Å². The summed E-state index contributed by atoms with van der Waals surface area (Å²) in [5.41, 5.74) is 4.95. The van der Waals surface area contributed by atoms with Gasteiger partial charge in [0.25, 0.3) is 0 Å². The second-order valence-corrected chi connectivity index (χ2v) is 5.64. The van der Waals surface area contributed by atoms with Crippen LogP contribution in [0.1, 0.15) is 35.1 Å². The number of halogens is 1. The van der Waals surface area contributed by atoms with Crippen LogP contribution in [0.3, 0.4) is 0 Å². The first-order valence-corrected chi connectivity index (χ1v) is 7.63. The summed E-state index contributed by atoms with van der Waals surface area (Å²) in [6, 6.07) is 13.6. The number of nitrogens with one attached hydrogen (secondary N) is 1. The van der Waals surface area contributed by atoms with E-state index in [2.05, 4.69) is 43.4 Å². The molecule has 0 aliphatic heterocycles. The van der Waals surface area contributed by atoms with Gasteiger partial charge in [0, 0.05) is 12.5 Å². The van der Waals surface area contributed by atoms with Gasteiger partial charge in [-0.05, 0) is 61.2 Å². The first-order chi connectivity index (χ1) is 10.1. The second kappa shape index (κ2) is 7.37. The van der Waals surface area contributed by atoms with Gasteiger partial charge in [0.15, 0.2) is 0 Å². The molecule has 1 nitrogen and oxygen atoms in total. The Balaban J connectivity index is 2.26. The van der Waals surface area contributed by atoms with Gasteiger partial charge in [0.05, 0.1) is 0 Å². The lowest BCUT2D eigenvalue weighted by molar-refractivity contribution is 0.589.